The van der Waals surface area contributed by atoms with Crippen LogP contribution in [0.15, 0.2) is 72.8 Å². The van der Waals surface area contributed by atoms with Gasteiger partial charge in [-0.15, -0.1) is 0 Å². The van der Waals surface area contributed by atoms with Crippen LogP contribution in [0.25, 0.3) is 0 Å². The fourth-order valence-electron chi connectivity index (χ4n) is 7.90. The van der Waals surface area contributed by atoms with E-state index in [0.29, 0.717) is 0 Å². The Morgan fingerprint density at radius 2 is 1.14 bits per heavy atom. The van der Waals surface area contributed by atoms with Crippen LogP contribution in [0.3, 0.4) is 0 Å². The van der Waals surface area contributed by atoms with Gasteiger partial charge in [-0.05, 0) is 55.2 Å². The smallest absolute Gasteiger partial charge is 0.338 e. The number of rotatable bonds is 10. The second-order valence-electron chi connectivity index (χ2n) is 12.4. The van der Waals surface area contributed by atoms with E-state index in [2.05, 4.69) is 0 Å². The number of carbonyl (C=O) groups is 4. The number of nitro benzene ring substituents is 3. The highest BCUT2D eigenvalue weighted by molar-refractivity contribution is 5.92. The lowest BCUT2D eigenvalue weighted by molar-refractivity contribution is -0.385. The number of Topliss-reactive ketones (excluding diaryl/α,β-unsaturated/α-hetero) is 1. The molecule has 3 saturated carbocycles. The first kappa shape index (κ1) is 32.9. The van der Waals surface area contributed by atoms with Gasteiger partial charge in [-0.2, -0.15) is 0 Å². The first-order valence-corrected chi connectivity index (χ1v) is 15.1. The summed E-state index contributed by atoms with van der Waals surface area (Å²) in [6, 6.07) is 14.3. The molecule has 3 fully saturated rings. The van der Waals surface area contributed by atoms with Gasteiger partial charge in [0.2, 0.25) is 0 Å². The van der Waals surface area contributed by atoms with E-state index in [1.807, 2.05) is 0 Å². The van der Waals surface area contributed by atoms with Gasteiger partial charge in [-0.3, -0.25) is 35.1 Å². The van der Waals surface area contributed by atoms with Crippen LogP contribution < -0.4 is 0 Å². The van der Waals surface area contributed by atoms with Crippen molar-refractivity contribution in [2.24, 2.45) is 22.7 Å². The van der Waals surface area contributed by atoms with E-state index < -0.39 is 67.6 Å². The summed E-state index contributed by atoms with van der Waals surface area (Å²) in [5, 5.41) is 33.3. The third-order valence-electron chi connectivity index (χ3n) is 10.2. The highest BCUT2D eigenvalue weighted by atomic mass is 16.6. The fourth-order valence-corrected chi connectivity index (χ4v) is 7.90. The third kappa shape index (κ3) is 5.34. The SMILES string of the molecule is C[C@@H]1C(=O)C[C@@H]2[C@@]3(COC(=O)c4ccc([N+](=O)[O-])cc4)CC[C@@H](OC(=O)c4ccc([N+](=O)[O-])cc4)[C@@]12[C@@H]3OC(=O)c1ccc([N+](=O)[O-])cc1. The summed E-state index contributed by atoms with van der Waals surface area (Å²) in [4.78, 5) is 84.8. The minimum atomic E-state index is -1.22. The summed E-state index contributed by atoms with van der Waals surface area (Å²) in [7, 11) is 0. The Bertz CT molecular complexity index is 1890. The maximum atomic E-state index is 13.6. The monoisotopic (exact) mass is 673 g/mol. The van der Waals surface area contributed by atoms with Crippen molar-refractivity contribution in [3.63, 3.8) is 0 Å². The second-order valence-corrected chi connectivity index (χ2v) is 12.4. The third-order valence-corrected chi connectivity index (χ3v) is 10.2. The van der Waals surface area contributed by atoms with E-state index in [4.69, 9.17) is 14.2 Å². The Balaban J connectivity index is 1.32. The van der Waals surface area contributed by atoms with Gasteiger partial charge >= 0.3 is 17.9 Å². The molecule has 0 aliphatic heterocycles. The van der Waals surface area contributed by atoms with E-state index in [1.54, 1.807) is 6.92 Å². The van der Waals surface area contributed by atoms with Crippen molar-refractivity contribution in [1.29, 1.82) is 0 Å². The number of carbonyl (C=O) groups excluding carboxylic acids is 4. The summed E-state index contributed by atoms with van der Waals surface area (Å²) in [5.41, 5.74) is -2.95. The molecule has 6 rings (SSSR count). The molecule has 6 atom stereocenters. The minimum absolute atomic E-state index is 0.0158. The van der Waals surface area contributed by atoms with Gasteiger partial charge < -0.3 is 14.2 Å². The van der Waals surface area contributed by atoms with Gasteiger partial charge in [-0.1, -0.05) is 6.92 Å². The minimum Gasteiger partial charge on any atom is -0.461 e. The number of ether oxygens (including phenoxy) is 3. The molecule has 252 valence electrons. The zero-order valence-corrected chi connectivity index (χ0v) is 25.7. The maximum Gasteiger partial charge on any atom is 0.338 e. The van der Waals surface area contributed by atoms with Crippen molar-refractivity contribution >= 4 is 40.8 Å². The Morgan fingerprint density at radius 3 is 1.59 bits per heavy atom. The fraction of sp³-hybridized carbons (Fsp3) is 0.333. The zero-order valence-electron chi connectivity index (χ0n) is 25.7. The van der Waals surface area contributed by atoms with Gasteiger partial charge in [0.05, 0.1) is 36.9 Å². The highest BCUT2D eigenvalue weighted by Crippen LogP contribution is 2.76. The molecule has 3 aromatic carbocycles. The van der Waals surface area contributed by atoms with Crippen LogP contribution in [0.1, 0.15) is 57.3 Å². The molecular formula is C33H27N3O13. The first-order chi connectivity index (χ1) is 23.3. The molecule has 3 aliphatic carbocycles. The average molecular weight is 674 g/mol. The Kier molecular flexibility index (Phi) is 8.18. The summed E-state index contributed by atoms with van der Waals surface area (Å²) in [6.07, 6.45) is -1.63. The van der Waals surface area contributed by atoms with E-state index >= 15 is 0 Å². The quantitative estimate of drug-likeness (QED) is 0.119. The van der Waals surface area contributed by atoms with E-state index in [-0.39, 0.29) is 65.4 Å². The molecule has 0 spiro atoms. The molecule has 16 nitrogen and oxygen atoms in total. The topological polar surface area (TPSA) is 225 Å². The van der Waals surface area contributed by atoms with Gasteiger partial charge in [0, 0.05) is 54.2 Å². The predicted octanol–water partition coefficient (Wildman–Crippen LogP) is 5.02. The predicted molar refractivity (Wildman–Crippen MR) is 164 cm³/mol. The Morgan fingerprint density at radius 1 is 0.714 bits per heavy atom. The molecule has 2 bridgehead atoms. The summed E-state index contributed by atoms with van der Waals surface area (Å²) in [5.74, 6) is -3.96. The molecular weight excluding hydrogens is 646 g/mol. The van der Waals surface area contributed by atoms with Crippen LogP contribution >= 0.6 is 0 Å². The lowest BCUT2D eigenvalue weighted by Crippen LogP contribution is -2.78. The van der Waals surface area contributed by atoms with Crippen molar-refractivity contribution in [3.8, 4) is 0 Å². The summed E-state index contributed by atoms with van der Waals surface area (Å²) >= 11 is 0. The Hall–Kier alpha value is -6.06. The van der Waals surface area contributed by atoms with Gasteiger partial charge in [0.15, 0.2) is 0 Å². The molecule has 0 aromatic heterocycles. The number of hydrogen-bond acceptors (Lipinski definition) is 13. The van der Waals surface area contributed by atoms with Gasteiger partial charge in [0.25, 0.3) is 17.1 Å². The van der Waals surface area contributed by atoms with Gasteiger partial charge in [0.1, 0.15) is 24.6 Å². The number of non-ortho nitro benzene ring substituents is 3. The lowest BCUT2D eigenvalue weighted by Gasteiger charge is -2.70. The van der Waals surface area contributed by atoms with E-state index in [1.165, 1.54) is 36.4 Å². The number of esters is 3. The van der Waals surface area contributed by atoms with Gasteiger partial charge in [-0.25, -0.2) is 14.4 Å². The van der Waals surface area contributed by atoms with Crippen molar-refractivity contribution < 1.29 is 48.2 Å². The number of nitro groups is 3. The normalized spacial score (nSPS) is 26.4. The second kappa shape index (κ2) is 12.2. The summed E-state index contributed by atoms with van der Waals surface area (Å²) in [6.45, 7) is 1.36. The van der Waals surface area contributed by atoms with Crippen molar-refractivity contribution in [1.82, 2.24) is 0 Å². The highest BCUT2D eigenvalue weighted by Gasteiger charge is 2.83. The molecule has 0 amide bonds. The lowest BCUT2D eigenvalue weighted by atomic mass is 9.36. The summed E-state index contributed by atoms with van der Waals surface area (Å²) < 4.78 is 17.8. The van der Waals surface area contributed by atoms with Crippen molar-refractivity contribution in [3.05, 3.63) is 120 Å². The molecule has 3 aliphatic rings. The van der Waals surface area contributed by atoms with Crippen LogP contribution in [-0.2, 0) is 19.0 Å². The molecule has 49 heavy (non-hydrogen) atoms. The standard InChI is InChI=1S/C33H27N3O13/c1-18-25(37)16-26-32(17-47-28(38)19-2-8-22(9-3-19)34(41)42)15-14-27(48-29(39)20-4-10-23(11-5-20)35(43)44)33(18,26)31(32)49-30(40)21-6-12-24(13-7-21)36(45)46/h2-13,18,26-27,31H,14-17H2,1H3/t18-,26-,27-,31-,32+,33-/m1/s1. The molecule has 0 unspecified atom stereocenters. The van der Waals surface area contributed by atoms with Crippen molar-refractivity contribution in [2.75, 3.05) is 6.61 Å². The molecule has 16 heteroatoms. The molecule has 0 saturated heterocycles. The first-order valence-electron chi connectivity index (χ1n) is 15.1. The number of hydrogen-bond donors (Lipinski definition) is 0. The zero-order chi connectivity index (χ0) is 35.2. The Labute approximate surface area is 276 Å². The molecule has 3 aromatic rings. The molecule has 0 radical (unpaired) electrons. The number of nitrogens with zero attached hydrogens (tertiary/aromatic N) is 3. The van der Waals surface area contributed by atoms with Crippen LogP contribution in [0, 0.1) is 53.0 Å². The molecule has 0 N–H and O–H groups in total. The van der Waals surface area contributed by atoms with Crippen LogP contribution in [0.5, 0.6) is 0 Å². The van der Waals surface area contributed by atoms with Crippen LogP contribution in [-0.4, -0.2) is 57.3 Å². The largest absolute Gasteiger partial charge is 0.461 e. The average Bonchev–Trinajstić information content (AvgIpc) is 3.34. The van der Waals surface area contributed by atoms with Crippen molar-refractivity contribution in [2.45, 2.75) is 38.4 Å². The van der Waals surface area contributed by atoms with E-state index in [9.17, 15) is 49.5 Å². The van der Waals surface area contributed by atoms with Crippen LogP contribution in [0.4, 0.5) is 17.1 Å². The maximum absolute atomic E-state index is 13.6. The number of benzene rings is 3. The molecule has 0 heterocycles. The van der Waals surface area contributed by atoms with Crippen LogP contribution in [0.2, 0.25) is 0 Å². The van der Waals surface area contributed by atoms with E-state index in [0.717, 1.165) is 36.4 Å². The number of ketones is 1.